The number of carbonyl (C=O) groups is 2. The lowest BCUT2D eigenvalue weighted by Crippen LogP contribution is -2.50. The molecule has 0 radical (unpaired) electrons. The van der Waals surface area contributed by atoms with Gasteiger partial charge in [-0.1, -0.05) is 18.2 Å². The molecule has 0 saturated carbocycles. The van der Waals surface area contributed by atoms with Crippen LogP contribution < -0.4 is 4.90 Å². The van der Waals surface area contributed by atoms with Crippen molar-refractivity contribution in [3.63, 3.8) is 0 Å². The summed E-state index contributed by atoms with van der Waals surface area (Å²) in [6.45, 7) is 4.33. The summed E-state index contributed by atoms with van der Waals surface area (Å²) < 4.78 is 5.65. The molecule has 0 bridgehead atoms. The van der Waals surface area contributed by atoms with Gasteiger partial charge in [0.15, 0.2) is 0 Å². The van der Waals surface area contributed by atoms with Crippen molar-refractivity contribution in [2.24, 2.45) is 5.92 Å². The predicted octanol–water partition coefficient (Wildman–Crippen LogP) is 1.14. The summed E-state index contributed by atoms with van der Waals surface area (Å²) in [5.74, 6) is 0.458. The molecule has 0 aliphatic carbocycles. The molecule has 2 amide bonds. The summed E-state index contributed by atoms with van der Waals surface area (Å²) in [4.78, 5) is 30.6. The van der Waals surface area contributed by atoms with Crippen molar-refractivity contribution in [1.82, 2.24) is 9.80 Å². The van der Waals surface area contributed by atoms with Gasteiger partial charge < -0.3 is 19.4 Å². The van der Waals surface area contributed by atoms with Crippen LogP contribution in [0.3, 0.4) is 0 Å². The third kappa shape index (κ3) is 3.48. The van der Waals surface area contributed by atoms with Gasteiger partial charge in [-0.15, -0.1) is 0 Å². The summed E-state index contributed by atoms with van der Waals surface area (Å²) in [5.41, 5.74) is 2.38. The number of rotatable bonds is 3. The van der Waals surface area contributed by atoms with E-state index in [1.807, 2.05) is 24.1 Å². The number of likely N-dealkylation sites (tertiary alicyclic amines) is 1. The zero-order chi connectivity index (χ0) is 18.1. The minimum atomic E-state index is 0.0523. The molecular weight excluding hydrogens is 330 g/mol. The molecule has 1 unspecified atom stereocenters. The van der Waals surface area contributed by atoms with Crippen LogP contribution in [-0.2, 0) is 20.7 Å². The molecule has 0 aromatic heterocycles. The van der Waals surface area contributed by atoms with Gasteiger partial charge in [-0.3, -0.25) is 9.59 Å². The summed E-state index contributed by atoms with van der Waals surface area (Å²) in [6.07, 6.45) is 2.85. The number of amides is 2. The number of piperidine rings is 1. The summed E-state index contributed by atoms with van der Waals surface area (Å²) in [7, 11) is 1.83. The zero-order valence-corrected chi connectivity index (χ0v) is 15.4. The summed E-state index contributed by atoms with van der Waals surface area (Å²) >= 11 is 0. The van der Waals surface area contributed by atoms with E-state index in [1.54, 1.807) is 4.90 Å². The number of hydrogen-bond acceptors (Lipinski definition) is 4. The van der Waals surface area contributed by atoms with Gasteiger partial charge in [0.25, 0.3) is 0 Å². The van der Waals surface area contributed by atoms with Crippen molar-refractivity contribution in [2.75, 3.05) is 51.3 Å². The van der Waals surface area contributed by atoms with Crippen molar-refractivity contribution < 1.29 is 14.3 Å². The molecule has 0 spiro atoms. The van der Waals surface area contributed by atoms with E-state index in [2.05, 4.69) is 17.0 Å². The molecule has 4 rings (SSSR count). The van der Waals surface area contributed by atoms with E-state index >= 15 is 0 Å². The van der Waals surface area contributed by atoms with Crippen LogP contribution in [0.25, 0.3) is 0 Å². The first-order chi connectivity index (χ1) is 12.6. The van der Waals surface area contributed by atoms with Crippen LogP contribution in [0, 0.1) is 5.92 Å². The Morgan fingerprint density at radius 2 is 1.96 bits per heavy atom. The maximum absolute atomic E-state index is 13.0. The fourth-order valence-corrected chi connectivity index (χ4v) is 4.31. The first-order valence-corrected chi connectivity index (χ1v) is 9.59. The molecule has 3 aliphatic rings. The van der Waals surface area contributed by atoms with E-state index in [4.69, 9.17) is 4.74 Å². The van der Waals surface area contributed by atoms with Gasteiger partial charge in [-0.2, -0.15) is 0 Å². The fraction of sp³-hybridized carbons (Fsp3) is 0.600. The third-order valence-electron chi connectivity index (χ3n) is 5.90. The van der Waals surface area contributed by atoms with Crippen molar-refractivity contribution in [1.29, 1.82) is 0 Å². The summed E-state index contributed by atoms with van der Waals surface area (Å²) in [6, 6.07) is 8.24. The molecule has 140 valence electrons. The second kappa shape index (κ2) is 7.37. The number of likely N-dealkylation sites (N-methyl/N-ethyl adjacent to an activating group) is 1. The normalized spacial score (nSPS) is 24.8. The number of hydrogen-bond donors (Lipinski definition) is 0. The molecule has 1 aromatic rings. The van der Waals surface area contributed by atoms with Gasteiger partial charge in [0.05, 0.1) is 6.10 Å². The average Bonchev–Trinajstić information content (AvgIpc) is 3.09. The van der Waals surface area contributed by atoms with Crippen molar-refractivity contribution in [2.45, 2.75) is 25.4 Å². The molecule has 6 heteroatoms. The molecule has 1 atom stereocenters. The number of morpholine rings is 1. The lowest BCUT2D eigenvalue weighted by Gasteiger charge is -2.37. The quantitative estimate of drug-likeness (QED) is 0.814. The van der Waals surface area contributed by atoms with E-state index < -0.39 is 0 Å². The predicted molar refractivity (Wildman–Crippen MR) is 99.0 cm³/mol. The third-order valence-corrected chi connectivity index (χ3v) is 5.90. The van der Waals surface area contributed by atoms with Gasteiger partial charge in [0.2, 0.25) is 11.8 Å². The SMILES string of the molecule is CN1CC(CN2CCC(C(=O)N3CCc4ccccc43)CC2)OCC1=O. The highest BCUT2D eigenvalue weighted by Crippen LogP contribution is 2.31. The van der Waals surface area contributed by atoms with Gasteiger partial charge in [0.1, 0.15) is 6.61 Å². The van der Waals surface area contributed by atoms with Crippen molar-refractivity contribution >= 4 is 17.5 Å². The Morgan fingerprint density at radius 3 is 2.73 bits per heavy atom. The monoisotopic (exact) mass is 357 g/mol. The lowest BCUT2D eigenvalue weighted by molar-refractivity contribution is -0.148. The Morgan fingerprint density at radius 1 is 1.19 bits per heavy atom. The van der Waals surface area contributed by atoms with Crippen molar-refractivity contribution in [3.8, 4) is 0 Å². The van der Waals surface area contributed by atoms with Crippen LogP contribution >= 0.6 is 0 Å². The number of fused-ring (bicyclic) bond motifs is 1. The second-order valence-corrected chi connectivity index (χ2v) is 7.65. The number of carbonyl (C=O) groups excluding carboxylic acids is 2. The van der Waals surface area contributed by atoms with Gasteiger partial charge in [-0.05, 0) is 44.0 Å². The number of para-hydroxylation sites is 1. The molecule has 6 nitrogen and oxygen atoms in total. The van der Waals surface area contributed by atoms with E-state index in [9.17, 15) is 9.59 Å². The van der Waals surface area contributed by atoms with Gasteiger partial charge >= 0.3 is 0 Å². The highest BCUT2D eigenvalue weighted by Gasteiger charge is 2.33. The minimum absolute atomic E-state index is 0.0523. The first-order valence-electron chi connectivity index (χ1n) is 9.59. The highest BCUT2D eigenvalue weighted by atomic mass is 16.5. The van der Waals surface area contributed by atoms with Crippen LogP contribution in [0.4, 0.5) is 5.69 Å². The standard InChI is InChI=1S/C20H27N3O3/c1-21-12-17(26-14-19(21)24)13-22-9-6-16(7-10-22)20(25)23-11-8-15-4-2-3-5-18(15)23/h2-5,16-17H,6-14H2,1H3. The number of anilines is 1. The molecule has 26 heavy (non-hydrogen) atoms. The largest absolute Gasteiger partial charge is 0.365 e. The number of ether oxygens (including phenoxy) is 1. The highest BCUT2D eigenvalue weighted by molar-refractivity contribution is 5.97. The van der Waals surface area contributed by atoms with Crippen LogP contribution in [0.15, 0.2) is 24.3 Å². The van der Waals surface area contributed by atoms with Crippen LogP contribution in [0.2, 0.25) is 0 Å². The molecule has 2 saturated heterocycles. The van der Waals surface area contributed by atoms with E-state index in [-0.39, 0.29) is 30.4 Å². The molecule has 3 aliphatic heterocycles. The summed E-state index contributed by atoms with van der Waals surface area (Å²) in [5, 5.41) is 0. The Hall–Kier alpha value is -1.92. The topological polar surface area (TPSA) is 53.1 Å². The first kappa shape index (κ1) is 17.5. The van der Waals surface area contributed by atoms with E-state index in [0.29, 0.717) is 6.54 Å². The number of benzene rings is 1. The average molecular weight is 357 g/mol. The Bertz CT molecular complexity index is 685. The smallest absolute Gasteiger partial charge is 0.248 e. The van der Waals surface area contributed by atoms with Crippen molar-refractivity contribution in [3.05, 3.63) is 29.8 Å². The fourth-order valence-electron chi connectivity index (χ4n) is 4.31. The van der Waals surface area contributed by atoms with Crippen LogP contribution in [0.1, 0.15) is 18.4 Å². The lowest BCUT2D eigenvalue weighted by atomic mass is 9.95. The van der Waals surface area contributed by atoms with Gasteiger partial charge in [-0.25, -0.2) is 0 Å². The molecule has 3 heterocycles. The van der Waals surface area contributed by atoms with Crippen LogP contribution in [0.5, 0.6) is 0 Å². The molecular formula is C20H27N3O3. The Balaban J connectivity index is 1.29. The minimum Gasteiger partial charge on any atom is -0.365 e. The molecule has 2 fully saturated rings. The Labute approximate surface area is 154 Å². The maximum atomic E-state index is 13.0. The van der Waals surface area contributed by atoms with E-state index in [1.165, 1.54) is 5.56 Å². The molecule has 1 aromatic carbocycles. The zero-order valence-electron chi connectivity index (χ0n) is 15.4. The Kier molecular flexibility index (Phi) is 4.96. The van der Waals surface area contributed by atoms with E-state index in [0.717, 1.165) is 51.1 Å². The second-order valence-electron chi connectivity index (χ2n) is 7.65. The number of nitrogens with zero attached hydrogens (tertiary/aromatic N) is 3. The van der Waals surface area contributed by atoms with Crippen LogP contribution in [-0.4, -0.2) is 74.1 Å². The molecule has 0 N–H and O–H groups in total. The van der Waals surface area contributed by atoms with Gasteiger partial charge in [0, 0.05) is 38.3 Å². The maximum Gasteiger partial charge on any atom is 0.248 e.